The molecule has 5 aliphatic rings. The van der Waals surface area contributed by atoms with E-state index in [-0.39, 0.29) is 35.1 Å². The topological polar surface area (TPSA) is 105 Å². The van der Waals surface area contributed by atoms with Crippen molar-refractivity contribution in [3.63, 3.8) is 0 Å². The number of hydrogen-bond acceptors (Lipinski definition) is 6. The minimum Gasteiger partial charge on any atom is -0.384 e. The van der Waals surface area contributed by atoms with Gasteiger partial charge in [-0.25, -0.2) is 0 Å². The normalized spacial score (nSPS) is 32.9. The largest absolute Gasteiger partial charge is 0.384 e. The molecular formula is C22H28N4O4. The lowest BCUT2D eigenvalue weighted by Gasteiger charge is -2.47. The summed E-state index contributed by atoms with van der Waals surface area (Å²) < 4.78 is 5.45. The number of benzene rings is 1. The minimum atomic E-state index is -0.588. The van der Waals surface area contributed by atoms with Crippen molar-refractivity contribution in [1.29, 1.82) is 0 Å². The zero-order valence-electron chi connectivity index (χ0n) is 17.3. The molecule has 1 atom stereocenters. The summed E-state index contributed by atoms with van der Waals surface area (Å²) in [6.45, 7) is 3.33. The second-order valence-corrected chi connectivity index (χ2v) is 9.42. The zero-order valence-corrected chi connectivity index (χ0v) is 17.3. The van der Waals surface area contributed by atoms with Crippen LogP contribution in [0.2, 0.25) is 0 Å². The van der Waals surface area contributed by atoms with E-state index >= 15 is 0 Å². The highest BCUT2D eigenvalue weighted by Crippen LogP contribution is 2.59. The molecule has 1 aliphatic carbocycles. The molecule has 1 unspecified atom stereocenters. The predicted octanol–water partition coefficient (Wildman–Crippen LogP) is 0.387. The molecule has 8 heteroatoms. The Kier molecular flexibility index (Phi) is 4.50. The Bertz CT molecular complexity index is 924. The van der Waals surface area contributed by atoms with Crippen molar-refractivity contribution >= 4 is 17.7 Å². The van der Waals surface area contributed by atoms with Crippen LogP contribution in [0.15, 0.2) is 18.2 Å². The molecule has 0 aromatic heterocycles. The quantitative estimate of drug-likeness (QED) is 0.655. The van der Waals surface area contributed by atoms with Gasteiger partial charge in [0.1, 0.15) is 6.04 Å². The maximum absolute atomic E-state index is 13.3. The zero-order chi connectivity index (χ0) is 21.1. The molecule has 4 aliphatic heterocycles. The van der Waals surface area contributed by atoms with Gasteiger partial charge in [0.25, 0.3) is 5.91 Å². The van der Waals surface area contributed by atoms with Crippen LogP contribution in [0, 0.1) is 5.41 Å². The average molecular weight is 412 g/mol. The molecule has 4 heterocycles. The predicted molar refractivity (Wildman–Crippen MR) is 108 cm³/mol. The summed E-state index contributed by atoms with van der Waals surface area (Å²) in [5.41, 5.74) is 8.97. The molecular weight excluding hydrogens is 384 g/mol. The Balaban J connectivity index is 1.38. The Labute approximate surface area is 175 Å². The summed E-state index contributed by atoms with van der Waals surface area (Å²) in [5, 5.41) is 2.36. The standard InChI is InChI=1S/C22H28N4O4/c1-30-13-21-9-22(10-21,11-23)25(12-21)7-14-3-2-4-15-8-26(20(29)18(14)15)16-5-6-17(27)24-19(16)28/h2-4,16H,5-13,23H2,1H3,(H,24,27,28). The molecule has 30 heavy (non-hydrogen) atoms. The number of hydrogen-bond donors (Lipinski definition) is 2. The Hall–Kier alpha value is -2.29. The Morgan fingerprint density at radius 3 is 2.77 bits per heavy atom. The number of amides is 3. The molecule has 160 valence electrons. The van der Waals surface area contributed by atoms with E-state index in [4.69, 9.17) is 10.5 Å². The van der Waals surface area contributed by atoms with Crippen LogP contribution in [0.1, 0.15) is 47.2 Å². The first-order valence-electron chi connectivity index (χ1n) is 10.6. The van der Waals surface area contributed by atoms with Crippen LogP contribution >= 0.6 is 0 Å². The van der Waals surface area contributed by atoms with E-state index in [2.05, 4.69) is 10.2 Å². The van der Waals surface area contributed by atoms with Gasteiger partial charge in [0.15, 0.2) is 0 Å². The molecule has 1 aromatic carbocycles. The minimum absolute atomic E-state index is 0.00773. The van der Waals surface area contributed by atoms with Crippen molar-refractivity contribution in [3.8, 4) is 0 Å². The van der Waals surface area contributed by atoms with Crippen LogP contribution in [0.25, 0.3) is 0 Å². The molecule has 1 aromatic rings. The summed E-state index contributed by atoms with van der Waals surface area (Å²) in [5.74, 6) is -0.765. The summed E-state index contributed by atoms with van der Waals surface area (Å²) in [6, 6.07) is 5.36. The molecule has 0 radical (unpaired) electrons. The van der Waals surface area contributed by atoms with E-state index in [1.807, 2.05) is 18.2 Å². The molecule has 8 nitrogen and oxygen atoms in total. The lowest BCUT2D eigenvalue weighted by Crippen LogP contribution is -2.55. The monoisotopic (exact) mass is 412 g/mol. The van der Waals surface area contributed by atoms with Crippen molar-refractivity contribution < 1.29 is 19.1 Å². The SMILES string of the molecule is COCC12CN(Cc3cccc4c3C(=O)N(C3CCC(=O)NC3=O)C4)C(CN)(C1)C2. The third kappa shape index (κ3) is 2.81. The molecule has 1 saturated carbocycles. The molecule has 0 spiro atoms. The molecule has 3 saturated heterocycles. The third-order valence-electron chi connectivity index (χ3n) is 7.44. The number of piperidine rings is 1. The van der Waals surface area contributed by atoms with Crippen LogP contribution in [-0.2, 0) is 27.4 Å². The second kappa shape index (κ2) is 6.87. The van der Waals surface area contributed by atoms with Gasteiger partial charge in [-0.3, -0.25) is 24.6 Å². The average Bonchev–Trinajstić information content (AvgIpc) is 3.28. The summed E-state index contributed by atoms with van der Waals surface area (Å²) in [4.78, 5) is 41.2. The van der Waals surface area contributed by atoms with Crippen molar-refractivity contribution in [2.24, 2.45) is 11.1 Å². The number of nitrogens with zero attached hydrogens (tertiary/aromatic N) is 2. The van der Waals surface area contributed by atoms with Gasteiger partial charge in [0.2, 0.25) is 11.8 Å². The summed E-state index contributed by atoms with van der Waals surface area (Å²) in [6.07, 6.45) is 2.71. The molecule has 6 rings (SSSR count). The first-order chi connectivity index (χ1) is 14.4. The van der Waals surface area contributed by atoms with Crippen LogP contribution in [0.3, 0.4) is 0 Å². The first-order valence-corrected chi connectivity index (χ1v) is 10.6. The highest BCUT2D eigenvalue weighted by molar-refractivity contribution is 6.06. The van der Waals surface area contributed by atoms with E-state index in [0.29, 0.717) is 31.6 Å². The number of ether oxygens (including phenoxy) is 1. The smallest absolute Gasteiger partial charge is 0.255 e. The van der Waals surface area contributed by atoms with Gasteiger partial charge in [0, 0.05) is 56.2 Å². The summed E-state index contributed by atoms with van der Waals surface area (Å²) in [7, 11) is 1.74. The fourth-order valence-electron chi connectivity index (χ4n) is 6.23. The number of methoxy groups -OCH3 is 1. The number of nitrogens with two attached hydrogens (primary N) is 1. The second-order valence-electron chi connectivity index (χ2n) is 9.42. The number of nitrogens with one attached hydrogen (secondary N) is 1. The lowest BCUT2D eigenvalue weighted by atomic mass is 9.62. The van der Waals surface area contributed by atoms with Crippen LogP contribution < -0.4 is 11.1 Å². The maximum atomic E-state index is 13.3. The van der Waals surface area contributed by atoms with Gasteiger partial charge in [0.05, 0.1) is 6.61 Å². The molecule has 4 fully saturated rings. The van der Waals surface area contributed by atoms with E-state index < -0.39 is 6.04 Å². The fraction of sp³-hybridized carbons (Fsp3) is 0.591. The number of rotatable bonds is 6. The van der Waals surface area contributed by atoms with Crippen LogP contribution in [-0.4, -0.2) is 65.9 Å². The van der Waals surface area contributed by atoms with Gasteiger partial charge < -0.3 is 15.4 Å². The van der Waals surface area contributed by atoms with Crippen molar-refractivity contribution in [3.05, 3.63) is 34.9 Å². The molecule has 3 amide bonds. The van der Waals surface area contributed by atoms with E-state index in [9.17, 15) is 14.4 Å². The maximum Gasteiger partial charge on any atom is 0.255 e. The highest BCUT2D eigenvalue weighted by Gasteiger charge is 2.64. The van der Waals surface area contributed by atoms with Crippen LogP contribution in [0.5, 0.6) is 0 Å². The highest BCUT2D eigenvalue weighted by atomic mass is 16.5. The van der Waals surface area contributed by atoms with Gasteiger partial charge >= 0.3 is 0 Å². The van der Waals surface area contributed by atoms with Crippen molar-refractivity contribution in [2.75, 3.05) is 26.8 Å². The molecule has 2 bridgehead atoms. The van der Waals surface area contributed by atoms with E-state index in [1.165, 1.54) is 0 Å². The Morgan fingerprint density at radius 1 is 1.27 bits per heavy atom. The first kappa shape index (κ1) is 19.7. The van der Waals surface area contributed by atoms with Crippen molar-refractivity contribution in [2.45, 2.75) is 50.4 Å². The Morgan fingerprint density at radius 2 is 2.07 bits per heavy atom. The van der Waals surface area contributed by atoms with E-state index in [1.54, 1.807) is 12.0 Å². The third-order valence-corrected chi connectivity index (χ3v) is 7.44. The number of carbonyl (C=O) groups excluding carboxylic acids is 3. The number of imide groups is 1. The van der Waals surface area contributed by atoms with Gasteiger partial charge in [-0.1, -0.05) is 18.2 Å². The molecule has 3 N–H and O–H groups in total. The van der Waals surface area contributed by atoms with Crippen LogP contribution in [0.4, 0.5) is 0 Å². The number of fused-ring (bicyclic) bond motifs is 2. The van der Waals surface area contributed by atoms with E-state index in [0.717, 1.165) is 37.1 Å². The van der Waals surface area contributed by atoms with Gasteiger partial charge in [-0.05, 0) is 30.4 Å². The fourth-order valence-corrected chi connectivity index (χ4v) is 6.23. The lowest BCUT2D eigenvalue weighted by molar-refractivity contribution is -0.136. The van der Waals surface area contributed by atoms with Gasteiger partial charge in [-0.2, -0.15) is 0 Å². The number of carbonyl (C=O) groups is 3. The van der Waals surface area contributed by atoms with Crippen molar-refractivity contribution in [1.82, 2.24) is 15.1 Å². The van der Waals surface area contributed by atoms with Gasteiger partial charge in [-0.15, -0.1) is 0 Å². The summed E-state index contributed by atoms with van der Waals surface area (Å²) >= 11 is 0.